The Morgan fingerprint density at radius 1 is 1.57 bits per heavy atom. The van der Waals surface area contributed by atoms with E-state index in [0.29, 0.717) is 6.54 Å². The van der Waals surface area contributed by atoms with Gasteiger partial charge in [0, 0.05) is 18.7 Å². The van der Waals surface area contributed by atoms with E-state index >= 15 is 0 Å². The van der Waals surface area contributed by atoms with Gasteiger partial charge >= 0.3 is 5.97 Å². The lowest BCUT2D eigenvalue weighted by atomic mass is 10.1. The van der Waals surface area contributed by atoms with Gasteiger partial charge < -0.3 is 14.4 Å². The molecular weight excluding hydrogens is 296 g/mol. The number of carbonyl (C=O) groups is 1. The largest absolute Gasteiger partial charge is 0.475 e. The molecule has 0 saturated carbocycles. The van der Waals surface area contributed by atoms with E-state index in [9.17, 15) is 13.2 Å². The van der Waals surface area contributed by atoms with E-state index < -0.39 is 16.0 Å². The number of aromatic carboxylic acids is 1. The summed E-state index contributed by atoms with van der Waals surface area (Å²) < 4.78 is 32.4. The molecule has 0 radical (unpaired) electrons. The summed E-state index contributed by atoms with van der Waals surface area (Å²) >= 11 is 0. The van der Waals surface area contributed by atoms with Crippen molar-refractivity contribution in [3.63, 3.8) is 0 Å². The van der Waals surface area contributed by atoms with Crippen LogP contribution in [0.3, 0.4) is 0 Å². The number of likely N-dealkylation sites (N-methyl/N-ethyl adjacent to an activating group) is 1. The minimum absolute atomic E-state index is 0.0862. The number of carboxylic acids is 1. The second kappa shape index (κ2) is 6.17. The quantitative estimate of drug-likeness (QED) is 0.842. The molecule has 21 heavy (non-hydrogen) atoms. The van der Waals surface area contributed by atoms with Crippen LogP contribution in [0.2, 0.25) is 0 Å². The molecule has 0 bridgehead atoms. The molecule has 1 aromatic rings. The van der Waals surface area contributed by atoms with Gasteiger partial charge in [-0.1, -0.05) is 6.92 Å². The summed E-state index contributed by atoms with van der Waals surface area (Å²) in [5, 5.41) is 8.86. The van der Waals surface area contributed by atoms with Crippen molar-refractivity contribution in [2.75, 3.05) is 19.6 Å². The van der Waals surface area contributed by atoms with E-state index in [2.05, 4.69) is 9.62 Å². The van der Waals surface area contributed by atoms with Gasteiger partial charge in [-0.15, -0.1) is 0 Å². The third-order valence-corrected chi connectivity index (χ3v) is 5.28. The van der Waals surface area contributed by atoms with E-state index in [-0.39, 0.29) is 22.5 Å². The summed E-state index contributed by atoms with van der Waals surface area (Å²) in [5.74, 6) is -1.57. The van der Waals surface area contributed by atoms with Crippen LogP contribution >= 0.6 is 0 Å². The third-order valence-electron chi connectivity index (χ3n) is 3.65. The van der Waals surface area contributed by atoms with Crippen molar-refractivity contribution in [2.24, 2.45) is 0 Å². The summed E-state index contributed by atoms with van der Waals surface area (Å²) in [4.78, 5) is 12.9. The molecule has 1 saturated heterocycles. The minimum Gasteiger partial charge on any atom is -0.475 e. The Balaban J connectivity index is 2.16. The fraction of sp³-hybridized carbons (Fsp3) is 0.615. The third kappa shape index (κ3) is 3.63. The van der Waals surface area contributed by atoms with Crippen LogP contribution in [-0.4, -0.2) is 50.1 Å². The van der Waals surface area contributed by atoms with Crippen LogP contribution in [0, 0.1) is 6.92 Å². The molecule has 7 nitrogen and oxygen atoms in total. The average molecular weight is 316 g/mol. The van der Waals surface area contributed by atoms with E-state index in [0.717, 1.165) is 32.0 Å². The average Bonchev–Trinajstić information content (AvgIpc) is 2.81. The number of piperidine rings is 1. The molecule has 2 rings (SSSR count). The minimum atomic E-state index is -3.77. The molecule has 2 N–H and O–H groups in total. The van der Waals surface area contributed by atoms with E-state index in [1.165, 1.54) is 6.92 Å². The molecule has 0 amide bonds. The highest BCUT2D eigenvalue weighted by atomic mass is 32.2. The van der Waals surface area contributed by atoms with Gasteiger partial charge in [0.25, 0.3) is 0 Å². The summed E-state index contributed by atoms with van der Waals surface area (Å²) in [5.41, 5.74) is 0. The van der Waals surface area contributed by atoms with Crippen molar-refractivity contribution in [1.29, 1.82) is 0 Å². The van der Waals surface area contributed by atoms with E-state index in [4.69, 9.17) is 9.52 Å². The lowest BCUT2D eigenvalue weighted by molar-refractivity contribution is 0.0661. The van der Waals surface area contributed by atoms with Gasteiger partial charge in [0.15, 0.2) is 0 Å². The van der Waals surface area contributed by atoms with Crippen molar-refractivity contribution in [3.05, 3.63) is 17.6 Å². The normalized spacial score (nSPS) is 20.6. The zero-order valence-corrected chi connectivity index (χ0v) is 12.9. The zero-order chi connectivity index (χ0) is 15.6. The molecule has 1 atom stereocenters. The molecule has 0 aliphatic carbocycles. The van der Waals surface area contributed by atoms with Gasteiger partial charge in [-0.2, -0.15) is 0 Å². The standard InChI is InChI=1S/C13H20N2O5S/c1-3-15-6-4-5-10(8-15)14-21(18,19)12-7-11(13(16)17)20-9(12)2/h7,10,14H,3-6,8H2,1-2H3,(H,16,17). The number of furan rings is 1. The van der Waals surface area contributed by atoms with Crippen LogP contribution < -0.4 is 4.72 Å². The topological polar surface area (TPSA) is 99.9 Å². The number of nitrogens with zero attached hydrogens (tertiary/aromatic N) is 1. The molecule has 1 fully saturated rings. The molecule has 118 valence electrons. The van der Waals surface area contributed by atoms with Crippen LogP contribution in [0.1, 0.15) is 36.1 Å². The van der Waals surface area contributed by atoms with Gasteiger partial charge in [-0.3, -0.25) is 0 Å². The Bertz CT molecular complexity index is 623. The highest BCUT2D eigenvalue weighted by molar-refractivity contribution is 7.89. The lowest BCUT2D eigenvalue weighted by Crippen LogP contribution is -2.47. The molecule has 1 aromatic heterocycles. The highest BCUT2D eigenvalue weighted by Crippen LogP contribution is 2.21. The van der Waals surface area contributed by atoms with Crippen molar-refractivity contribution >= 4 is 16.0 Å². The number of aryl methyl sites for hydroxylation is 1. The number of carboxylic acid groups (broad SMARTS) is 1. The number of rotatable bonds is 5. The fourth-order valence-corrected chi connectivity index (χ4v) is 4.00. The monoisotopic (exact) mass is 316 g/mol. The Kier molecular flexibility index (Phi) is 4.70. The first kappa shape index (κ1) is 16.0. The molecule has 0 aromatic carbocycles. The van der Waals surface area contributed by atoms with Crippen molar-refractivity contribution in [1.82, 2.24) is 9.62 Å². The Labute approximate surface area is 124 Å². The summed E-state index contributed by atoms with van der Waals surface area (Å²) in [6.07, 6.45) is 1.71. The van der Waals surface area contributed by atoms with Crippen LogP contribution in [0.4, 0.5) is 0 Å². The van der Waals surface area contributed by atoms with Gasteiger partial charge in [0.05, 0.1) is 0 Å². The van der Waals surface area contributed by atoms with Gasteiger partial charge in [0.2, 0.25) is 15.8 Å². The number of hydrogen-bond acceptors (Lipinski definition) is 5. The smallest absolute Gasteiger partial charge is 0.371 e. The van der Waals surface area contributed by atoms with Crippen LogP contribution in [-0.2, 0) is 10.0 Å². The summed E-state index contributed by atoms with van der Waals surface area (Å²) in [6.45, 7) is 6.00. The molecule has 0 spiro atoms. The van der Waals surface area contributed by atoms with E-state index in [1.54, 1.807) is 0 Å². The van der Waals surface area contributed by atoms with Crippen molar-refractivity contribution in [3.8, 4) is 0 Å². The predicted octanol–water partition coefficient (Wildman–Crippen LogP) is 1.05. The van der Waals surface area contributed by atoms with Crippen molar-refractivity contribution in [2.45, 2.75) is 37.6 Å². The van der Waals surface area contributed by atoms with Gasteiger partial charge in [0.1, 0.15) is 10.7 Å². The Morgan fingerprint density at radius 2 is 2.29 bits per heavy atom. The Hall–Kier alpha value is -1.38. The van der Waals surface area contributed by atoms with E-state index in [1.807, 2.05) is 6.92 Å². The van der Waals surface area contributed by atoms with Crippen LogP contribution in [0.25, 0.3) is 0 Å². The summed E-state index contributed by atoms with van der Waals surface area (Å²) in [6, 6.07) is 0.895. The van der Waals surface area contributed by atoms with Gasteiger partial charge in [-0.25, -0.2) is 17.9 Å². The maximum absolute atomic E-state index is 12.4. The first-order valence-corrected chi connectivity index (χ1v) is 8.40. The lowest BCUT2D eigenvalue weighted by Gasteiger charge is -2.31. The second-order valence-corrected chi connectivity index (χ2v) is 6.87. The number of nitrogens with one attached hydrogen (secondary N) is 1. The predicted molar refractivity (Wildman–Crippen MR) is 75.9 cm³/mol. The SMILES string of the molecule is CCN1CCCC(NS(=O)(=O)c2cc(C(=O)O)oc2C)C1. The number of likely N-dealkylation sites (tertiary alicyclic amines) is 1. The molecule has 2 heterocycles. The van der Waals surface area contributed by atoms with Crippen LogP contribution in [0.5, 0.6) is 0 Å². The number of hydrogen-bond donors (Lipinski definition) is 2. The summed E-state index contributed by atoms with van der Waals surface area (Å²) in [7, 11) is -3.77. The van der Waals surface area contributed by atoms with Gasteiger partial charge in [-0.05, 0) is 32.9 Å². The van der Waals surface area contributed by atoms with Crippen LogP contribution in [0.15, 0.2) is 15.4 Å². The molecule has 1 aliphatic heterocycles. The first-order chi connectivity index (χ1) is 9.83. The molecule has 1 unspecified atom stereocenters. The zero-order valence-electron chi connectivity index (χ0n) is 12.1. The first-order valence-electron chi connectivity index (χ1n) is 6.92. The fourth-order valence-electron chi connectivity index (χ4n) is 2.56. The second-order valence-electron chi connectivity index (χ2n) is 5.19. The number of sulfonamides is 1. The maximum Gasteiger partial charge on any atom is 0.371 e. The molecule has 8 heteroatoms. The molecule has 1 aliphatic rings. The van der Waals surface area contributed by atoms with Crippen molar-refractivity contribution < 1.29 is 22.7 Å². The Morgan fingerprint density at radius 3 is 2.86 bits per heavy atom. The molecular formula is C13H20N2O5S. The highest BCUT2D eigenvalue weighted by Gasteiger charge is 2.28. The maximum atomic E-state index is 12.4.